The van der Waals surface area contributed by atoms with Gasteiger partial charge < -0.3 is 10.5 Å². The van der Waals surface area contributed by atoms with Gasteiger partial charge in [-0.2, -0.15) is 0 Å². The highest BCUT2D eigenvalue weighted by atomic mass is 35.5. The zero-order chi connectivity index (χ0) is 11.5. The normalized spacial score (nSPS) is 10.1. The first-order valence-corrected chi connectivity index (χ1v) is 5.40. The fourth-order valence-electron chi connectivity index (χ4n) is 1.23. The molecule has 2 nitrogen and oxygen atoms in total. The third-order valence-corrected chi connectivity index (χ3v) is 2.61. The number of hydrogen-bond donors (Lipinski definition) is 1. The van der Waals surface area contributed by atoms with Crippen LogP contribution in [-0.4, -0.2) is 0 Å². The number of nitrogen functional groups attached to an aromatic ring is 1. The van der Waals surface area contributed by atoms with Crippen LogP contribution in [0.2, 0.25) is 10.0 Å². The number of halogens is 2. The smallest absolute Gasteiger partial charge is 0.164 e. The van der Waals surface area contributed by atoms with Crippen molar-refractivity contribution in [1.29, 1.82) is 0 Å². The minimum Gasteiger partial charge on any atom is -0.454 e. The number of benzene rings is 2. The van der Waals surface area contributed by atoms with E-state index >= 15 is 0 Å². The summed E-state index contributed by atoms with van der Waals surface area (Å²) in [5, 5.41) is 0.952. The van der Waals surface area contributed by atoms with Crippen LogP contribution in [0.5, 0.6) is 11.5 Å². The Morgan fingerprint density at radius 2 is 1.44 bits per heavy atom. The average Bonchev–Trinajstić information content (AvgIpc) is 2.26. The van der Waals surface area contributed by atoms with Crippen LogP contribution in [-0.2, 0) is 0 Å². The van der Waals surface area contributed by atoms with Gasteiger partial charge in [0, 0.05) is 5.69 Å². The van der Waals surface area contributed by atoms with Gasteiger partial charge in [0.15, 0.2) is 5.75 Å². The molecule has 16 heavy (non-hydrogen) atoms. The minimum absolute atomic E-state index is 0.454. The maximum absolute atomic E-state index is 5.98. The van der Waals surface area contributed by atoms with E-state index in [1.807, 2.05) is 0 Å². The van der Waals surface area contributed by atoms with Gasteiger partial charge in [-0.15, -0.1) is 0 Å². The van der Waals surface area contributed by atoms with Crippen molar-refractivity contribution in [3.8, 4) is 11.5 Å². The Balaban J connectivity index is 2.30. The van der Waals surface area contributed by atoms with Gasteiger partial charge in [-0.3, -0.25) is 0 Å². The lowest BCUT2D eigenvalue weighted by molar-refractivity contribution is 0.483. The van der Waals surface area contributed by atoms with Crippen molar-refractivity contribution >= 4 is 28.9 Å². The van der Waals surface area contributed by atoms with Gasteiger partial charge in [-0.25, -0.2) is 0 Å². The van der Waals surface area contributed by atoms with Crippen LogP contribution in [0, 0.1) is 0 Å². The molecule has 0 fully saturated rings. The maximum atomic E-state index is 5.98. The molecule has 82 valence electrons. The lowest BCUT2D eigenvalue weighted by Gasteiger charge is -2.09. The zero-order valence-corrected chi connectivity index (χ0v) is 9.79. The van der Waals surface area contributed by atoms with Crippen LogP contribution < -0.4 is 10.5 Å². The molecule has 4 heteroatoms. The predicted octanol–water partition coefficient (Wildman–Crippen LogP) is 4.37. The Morgan fingerprint density at radius 3 is 2.00 bits per heavy atom. The summed E-state index contributed by atoms with van der Waals surface area (Å²) in [7, 11) is 0. The largest absolute Gasteiger partial charge is 0.454 e. The summed E-state index contributed by atoms with van der Waals surface area (Å²) in [6, 6.07) is 12.2. The van der Waals surface area contributed by atoms with Crippen molar-refractivity contribution in [2.24, 2.45) is 0 Å². The van der Waals surface area contributed by atoms with Gasteiger partial charge in [0.2, 0.25) is 0 Å². The molecule has 0 bridgehead atoms. The van der Waals surface area contributed by atoms with Gasteiger partial charge >= 0.3 is 0 Å². The van der Waals surface area contributed by atoms with Crippen molar-refractivity contribution in [2.75, 3.05) is 5.73 Å². The van der Waals surface area contributed by atoms with Crippen LogP contribution in [0.3, 0.4) is 0 Å². The third kappa shape index (κ3) is 2.40. The number of nitrogens with two attached hydrogens (primary N) is 1. The molecule has 0 heterocycles. The second kappa shape index (κ2) is 4.64. The van der Waals surface area contributed by atoms with Crippen LogP contribution in [0.15, 0.2) is 42.5 Å². The van der Waals surface area contributed by atoms with Crippen LogP contribution in [0.1, 0.15) is 0 Å². The van der Waals surface area contributed by atoms with Crippen molar-refractivity contribution in [3.63, 3.8) is 0 Å². The molecule has 0 spiro atoms. The van der Waals surface area contributed by atoms with Crippen molar-refractivity contribution in [3.05, 3.63) is 52.5 Å². The first-order chi connectivity index (χ1) is 7.66. The predicted molar refractivity (Wildman–Crippen MR) is 67.4 cm³/mol. The minimum atomic E-state index is 0.454. The Morgan fingerprint density at radius 1 is 0.875 bits per heavy atom. The number of anilines is 1. The SMILES string of the molecule is Nc1ccc(Oc2c(Cl)cccc2Cl)cc1. The molecule has 2 aromatic rings. The Hall–Kier alpha value is -1.38. The first-order valence-electron chi connectivity index (χ1n) is 4.64. The van der Waals surface area contributed by atoms with Gasteiger partial charge in [-0.1, -0.05) is 29.3 Å². The molecule has 0 aliphatic rings. The molecule has 0 amide bonds. The number of ether oxygens (including phenoxy) is 1. The highest BCUT2D eigenvalue weighted by Gasteiger charge is 2.07. The lowest BCUT2D eigenvalue weighted by atomic mass is 10.3. The molecule has 0 aliphatic carbocycles. The zero-order valence-electron chi connectivity index (χ0n) is 8.28. The fourth-order valence-corrected chi connectivity index (χ4v) is 1.71. The summed E-state index contributed by atoms with van der Waals surface area (Å²) in [5.74, 6) is 1.10. The number of hydrogen-bond acceptors (Lipinski definition) is 2. The van der Waals surface area contributed by atoms with Gasteiger partial charge in [0.05, 0.1) is 10.0 Å². The summed E-state index contributed by atoms with van der Waals surface area (Å²) < 4.78 is 5.58. The van der Waals surface area contributed by atoms with E-state index < -0.39 is 0 Å². The highest BCUT2D eigenvalue weighted by Crippen LogP contribution is 2.35. The van der Waals surface area contributed by atoms with Crippen molar-refractivity contribution < 1.29 is 4.74 Å². The quantitative estimate of drug-likeness (QED) is 0.807. The molecule has 2 rings (SSSR count). The summed E-state index contributed by atoms with van der Waals surface area (Å²) >= 11 is 12.0. The molecule has 0 atom stereocenters. The molecule has 0 aromatic heterocycles. The van der Waals surface area contributed by atoms with Crippen LogP contribution in [0.4, 0.5) is 5.69 Å². The van der Waals surface area contributed by atoms with E-state index in [0.29, 0.717) is 27.2 Å². The Labute approximate surface area is 104 Å². The standard InChI is InChI=1S/C12H9Cl2NO/c13-10-2-1-3-11(14)12(10)16-9-6-4-8(15)5-7-9/h1-7H,15H2. The second-order valence-corrected chi connectivity index (χ2v) is 4.04. The summed E-state index contributed by atoms with van der Waals surface area (Å²) in [6.07, 6.45) is 0. The lowest BCUT2D eigenvalue weighted by Crippen LogP contribution is -1.88. The molecule has 2 N–H and O–H groups in total. The monoisotopic (exact) mass is 253 g/mol. The number of rotatable bonds is 2. The van der Waals surface area contributed by atoms with E-state index in [1.165, 1.54) is 0 Å². The van der Waals surface area contributed by atoms with Crippen molar-refractivity contribution in [1.82, 2.24) is 0 Å². The summed E-state index contributed by atoms with van der Waals surface area (Å²) in [5.41, 5.74) is 6.25. The van der Waals surface area contributed by atoms with Gasteiger partial charge in [0.25, 0.3) is 0 Å². The van der Waals surface area contributed by atoms with E-state index in [-0.39, 0.29) is 0 Å². The molecular formula is C12H9Cl2NO. The molecular weight excluding hydrogens is 245 g/mol. The van der Waals surface area contributed by atoms with E-state index in [9.17, 15) is 0 Å². The molecule has 0 unspecified atom stereocenters. The number of para-hydroxylation sites is 1. The van der Waals surface area contributed by atoms with Crippen LogP contribution >= 0.6 is 23.2 Å². The highest BCUT2D eigenvalue weighted by molar-refractivity contribution is 6.37. The molecule has 0 aliphatic heterocycles. The molecule has 0 saturated carbocycles. The molecule has 2 aromatic carbocycles. The van der Waals surface area contributed by atoms with E-state index in [0.717, 1.165) is 0 Å². The van der Waals surface area contributed by atoms with E-state index in [2.05, 4.69) is 0 Å². The summed E-state index contributed by atoms with van der Waals surface area (Å²) in [4.78, 5) is 0. The van der Waals surface area contributed by atoms with Crippen LogP contribution in [0.25, 0.3) is 0 Å². The van der Waals surface area contributed by atoms with Gasteiger partial charge in [-0.05, 0) is 36.4 Å². The average molecular weight is 254 g/mol. The van der Waals surface area contributed by atoms with E-state index in [1.54, 1.807) is 42.5 Å². The Kier molecular flexibility index (Phi) is 3.22. The Bertz CT molecular complexity index is 477. The molecule has 0 radical (unpaired) electrons. The van der Waals surface area contributed by atoms with Crippen molar-refractivity contribution in [2.45, 2.75) is 0 Å². The van der Waals surface area contributed by atoms with E-state index in [4.69, 9.17) is 33.7 Å². The fraction of sp³-hybridized carbons (Fsp3) is 0. The molecule has 0 saturated heterocycles. The second-order valence-electron chi connectivity index (χ2n) is 3.22. The third-order valence-electron chi connectivity index (χ3n) is 2.02. The van der Waals surface area contributed by atoms with Gasteiger partial charge in [0.1, 0.15) is 5.75 Å². The topological polar surface area (TPSA) is 35.2 Å². The summed E-state index contributed by atoms with van der Waals surface area (Å²) in [6.45, 7) is 0. The first kappa shape index (κ1) is 11.1. The maximum Gasteiger partial charge on any atom is 0.164 e.